The molecule has 6 atom stereocenters. The van der Waals surface area contributed by atoms with Crippen molar-refractivity contribution >= 4 is 19.6 Å². The van der Waals surface area contributed by atoms with E-state index < -0.39 is 38.0 Å². The van der Waals surface area contributed by atoms with E-state index in [4.69, 9.17) is 24.3 Å². The van der Waals surface area contributed by atoms with Crippen molar-refractivity contribution in [1.29, 1.82) is 0 Å². The number of nitrogens with zero attached hydrogens (tertiary/aromatic N) is 1. The normalized spacial score (nSPS) is 23.7. The molecule has 192 valence electrons. The molecule has 0 saturated carbocycles. The van der Waals surface area contributed by atoms with Crippen LogP contribution in [0.1, 0.15) is 23.5 Å². The van der Waals surface area contributed by atoms with Gasteiger partial charge in [0.2, 0.25) is 0 Å². The van der Waals surface area contributed by atoms with Gasteiger partial charge < -0.3 is 19.7 Å². The van der Waals surface area contributed by atoms with Crippen LogP contribution >= 0.6 is 7.75 Å². The lowest BCUT2D eigenvalue weighted by molar-refractivity contribution is -0.764. The number of primary amides is 1. The SMILES string of the molecule is C=C[C@@H]1[C@H](C=C)[C@@H](COP(=O)(N[C@@H](C)C(=O)OC)Oc2ccccc2)O[C@H]1[n+]1cccc(C(N)=O)c1. The van der Waals surface area contributed by atoms with Crippen molar-refractivity contribution in [1.82, 2.24) is 5.09 Å². The van der Waals surface area contributed by atoms with Gasteiger partial charge in [0.15, 0.2) is 12.4 Å². The van der Waals surface area contributed by atoms with E-state index in [-0.39, 0.29) is 18.4 Å². The third-order valence-electron chi connectivity index (χ3n) is 5.75. The molecule has 0 aliphatic carbocycles. The van der Waals surface area contributed by atoms with Crippen molar-refractivity contribution in [2.75, 3.05) is 13.7 Å². The molecule has 1 amide bonds. The Morgan fingerprint density at radius 3 is 2.50 bits per heavy atom. The lowest BCUT2D eigenvalue weighted by Crippen LogP contribution is -2.43. The van der Waals surface area contributed by atoms with Crippen LogP contribution in [0.15, 0.2) is 80.2 Å². The van der Waals surface area contributed by atoms with Crippen LogP contribution in [0.25, 0.3) is 0 Å². The molecule has 1 aromatic carbocycles. The number of carbonyl (C=O) groups excluding carboxylic acids is 2. The molecule has 0 spiro atoms. The zero-order valence-corrected chi connectivity index (χ0v) is 21.1. The maximum atomic E-state index is 13.7. The first-order chi connectivity index (χ1) is 17.2. The van der Waals surface area contributed by atoms with E-state index in [1.807, 2.05) is 0 Å². The number of carbonyl (C=O) groups is 2. The van der Waals surface area contributed by atoms with Crippen molar-refractivity contribution in [3.8, 4) is 5.75 Å². The molecule has 2 heterocycles. The number of para-hydroxylation sites is 1. The van der Waals surface area contributed by atoms with Crippen molar-refractivity contribution in [3.63, 3.8) is 0 Å². The molecule has 36 heavy (non-hydrogen) atoms. The fraction of sp³-hybridized carbons (Fsp3) is 0.320. The summed E-state index contributed by atoms with van der Waals surface area (Å²) in [6.45, 7) is 9.17. The zero-order valence-electron chi connectivity index (χ0n) is 20.2. The van der Waals surface area contributed by atoms with Crippen molar-refractivity contribution < 1.29 is 37.2 Å². The summed E-state index contributed by atoms with van der Waals surface area (Å²) in [5.74, 6) is -1.41. The largest absolute Gasteiger partial charge is 0.468 e. The van der Waals surface area contributed by atoms with Crippen LogP contribution in [-0.2, 0) is 23.4 Å². The Balaban J connectivity index is 1.83. The van der Waals surface area contributed by atoms with Crippen LogP contribution in [0, 0.1) is 11.8 Å². The van der Waals surface area contributed by atoms with E-state index >= 15 is 0 Å². The fourth-order valence-corrected chi connectivity index (χ4v) is 5.45. The highest BCUT2D eigenvalue weighted by Gasteiger charge is 2.48. The smallest absolute Gasteiger partial charge is 0.459 e. The van der Waals surface area contributed by atoms with E-state index in [1.165, 1.54) is 14.0 Å². The molecule has 3 rings (SSSR count). The van der Waals surface area contributed by atoms with Gasteiger partial charge in [-0.2, -0.15) is 9.65 Å². The Kier molecular flexibility index (Phi) is 9.17. The minimum atomic E-state index is -4.05. The fourth-order valence-electron chi connectivity index (χ4n) is 3.95. The molecule has 11 heteroatoms. The van der Waals surface area contributed by atoms with Gasteiger partial charge >= 0.3 is 13.7 Å². The van der Waals surface area contributed by atoms with Gasteiger partial charge in [0.1, 0.15) is 17.4 Å². The molecule has 3 N–H and O–H groups in total. The summed E-state index contributed by atoms with van der Waals surface area (Å²) < 4.78 is 37.8. The van der Waals surface area contributed by atoms with E-state index in [0.717, 1.165) is 0 Å². The van der Waals surface area contributed by atoms with Gasteiger partial charge in [-0.05, 0) is 25.1 Å². The van der Waals surface area contributed by atoms with Crippen LogP contribution in [-0.4, -0.2) is 37.7 Å². The quantitative estimate of drug-likeness (QED) is 0.191. The van der Waals surface area contributed by atoms with Crippen LogP contribution in [0.5, 0.6) is 5.75 Å². The predicted octanol–water partition coefficient (Wildman–Crippen LogP) is 2.93. The number of aromatic nitrogens is 1. The number of benzene rings is 1. The van der Waals surface area contributed by atoms with E-state index in [9.17, 15) is 14.2 Å². The number of hydrogen-bond donors (Lipinski definition) is 2. The number of amides is 1. The number of ether oxygens (including phenoxy) is 2. The van der Waals surface area contributed by atoms with E-state index in [2.05, 4.69) is 18.2 Å². The van der Waals surface area contributed by atoms with Gasteiger partial charge in [-0.1, -0.05) is 30.4 Å². The number of nitrogens with one attached hydrogen (secondary N) is 1. The van der Waals surface area contributed by atoms with Gasteiger partial charge in [-0.15, -0.1) is 13.2 Å². The number of esters is 1. The highest BCUT2D eigenvalue weighted by atomic mass is 31.2. The highest BCUT2D eigenvalue weighted by Crippen LogP contribution is 2.47. The summed E-state index contributed by atoms with van der Waals surface area (Å²) in [6.07, 6.45) is 5.65. The third-order valence-corrected chi connectivity index (χ3v) is 7.39. The Morgan fingerprint density at radius 1 is 1.19 bits per heavy atom. The highest BCUT2D eigenvalue weighted by molar-refractivity contribution is 7.52. The molecule has 1 fully saturated rings. The average molecular weight is 517 g/mol. The van der Waals surface area contributed by atoms with Gasteiger partial charge in [-0.3, -0.25) is 14.1 Å². The second kappa shape index (κ2) is 12.1. The van der Waals surface area contributed by atoms with Crippen molar-refractivity contribution in [2.45, 2.75) is 25.3 Å². The number of hydrogen-bond acceptors (Lipinski definition) is 7. The first-order valence-corrected chi connectivity index (χ1v) is 12.8. The van der Waals surface area contributed by atoms with Crippen molar-refractivity contribution in [3.05, 3.63) is 85.7 Å². The predicted molar refractivity (Wildman–Crippen MR) is 132 cm³/mol. The first-order valence-electron chi connectivity index (χ1n) is 11.3. The molecule has 1 aromatic heterocycles. The number of methoxy groups -OCH3 is 1. The Morgan fingerprint density at radius 2 is 1.89 bits per heavy atom. The molecule has 0 radical (unpaired) electrons. The van der Waals surface area contributed by atoms with Gasteiger partial charge in [0, 0.05) is 12.0 Å². The molecule has 10 nitrogen and oxygen atoms in total. The molecular formula is C25H31N3O7P+. The Bertz CT molecular complexity index is 1140. The van der Waals surface area contributed by atoms with Crippen LogP contribution < -0.4 is 19.9 Å². The zero-order chi connectivity index (χ0) is 26.3. The summed E-state index contributed by atoms with van der Waals surface area (Å²) in [6, 6.07) is 10.8. The Labute approximate surface area is 210 Å². The summed E-state index contributed by atoms with van der Waals surface area (Å²) >= 11 is 0. The second-order valence-electron chi connectivity index (χ2n) is 8.17. The average Bonchev–Trinajstić information content (AvgIpc) is 3.25. The molecule has 1 unspecified atom stereocenters. The number of pyridine rings is 1. The summed E-state index contributed by atoms with van der Waals surface area (Å²) in [5.41, 5.74) is 5.74. The summed E-state index contributed by atoms with van der Waals surface area (Å²) in [4.78, 5) is 23.6. The molecule has 1 aliphatic rings. The van der Waals surface area contributed by atoms with Crippen LogP contribution in [0.4, 0.5) is 0 Å². The molecule has 2 aromatic rings. The standard InChI is InChI=1S/C25H30N3O7P/c1-5-20-21(6-2)24(28-14-10-11-18(15-28)23(26)29)34-22(20)16-33-36(31,27-17(3)25(30)32-4)35-19-12-8-7-9-13-19/h5-15,17,20-22,24H,1-2,16H2,3-4H3,(H2-,26,27,29,31)/p+1/t17-,20-,21+,22+,24+,36?/m0/s1. The maximum Gasteiger partial charge on any atom is 0.459 e. The monoisotopic (exact) mass is 516 g/mol. The lowest BCUT2D eigenvalue weighted by Gasteiger charge is -2.24. The van der Waals surface area contributed by atoms with Crippen LogP contribution in [0.2, 0.25) is 0 Å². The van der Waals surface area contributed by atoms with E-state index in [1.54, 1.807) is 71.6 Å². The molecular weight excluding hydrogens is 485 g/mol. The Hall–Kier alpha value is -3.30. The summed E-state index contributed by atoms with van der Waals surface area (Å²) in [5, 5.41) is 2.62. The lowest BCUT2D eigenvalue weighted by atomic mass is 9.89. The molecule has 1 saturated heterocycles. The van der Waals surface area contributed by atoms with E-state index in [0.29, 0.717) is 11.3 Å². The van der Waals surface area contributed by atoms with Crippen molar-refractivity contribution in [2.24, 2.45) is 17.6 Å². The maximum absolute atomic E-state index is 13.7. The first kappa shape index (κ1) is 27.3. The summed E-state index contributed by atoms with van der Waals surface area (Å²) in [7, 11) is -2.83. The van der Waals surface area contributed by atoms with Gasteiger partial charge in [-0.25, -0.2) is 4.57 Å². The minimum Gasteiger partial charge on any atom is -0.468 e. The van der Waals surface area contributed by atoms with Gasteiger partial charge in [0.05, 0.1) is 25.7 Å². The van der Waals surface area contributed by atoms with Gasteiger partial charge in [0.25, 0.3) is 12.1 Å². The number of rotatable bonds is 12. The minimum absolute atomic E-state index is 0.154. The third kappa shape index (κ3) is 6.47. The molecule has 1 aliphatic heterocycles. The number of nitrogens with two attached hydrogens (primary N) is 1. The molecule has 0 bridgehead atoms. The van der Waals surface area contributed by atoms with Crippen LogP contribution in [0.3, 0.4) is 0 Å². The second-order valence-corrected chi connectivity index (χ2v) is 9.86. The topological polar surface area (TPSA) is 130 Å².